The van der Waals surface area contributed by atoms with Crippen LogP contribution in [0.25, 0.3) is 0 Å². The Morgan fingerprint density at radius 3 is 2.74 bits per heavy atom. The monoisotopic (exact) mass is 281 g/mol. The molecular formula is C12H15N3O3S. The number of aryl methyl sites for hydroxylation is 1. The van der Waals surface area contributed by atoms with Gasteiger partial charge in [0.25, 0.3) is 5.91 Å². The summed E-state index contributed by atoms with van der Waals surface area (Å²) in [5, 5.41) is 9.08. The van der Waals surface area contributed by atoms with Crippen LogP contribution in [0.1, 0.15) is 29.5 Å². The number of carbonyl (C=O) groups excluding carboxylic acids is 1. The van der Waals surface area contributed by atoms with Crippen LogP contribution in [0.3, 0.4) is 0 Å². The Kier molecular flexibility index (Phi) is 4.04. The number of carboxylic acid groups (broad SMARTS) is 1. The SMILES string of the molecule is CCC1SCC(C(=O)O)N1C(=O)c1cnc(C)cn1. The van der Waals surface area contributed by atoms with Crippen molar-refractivity contribution in [2.45, 2.75) is 31.7 Å². The number of rotatable bonds is 3. The van der Waals surface area contributed by atoms with Crippen LogP contribution in [0.4, 0.5) is 0 Å². The summed E-state index contributed by atoms with van der Waals surface area (Å²) >= 11 is 1.49. The lowest BCUT2D eigenvalue weighted by Crippen LogP contribution is -2.45. The van der Waals surface area contributed by atoms with Crippen molar-refractivity contribution in [1.82, 2.24) is 14.9 Å². The molecule has 0 radical (unpaired) electrons. The fourth-order valence-corrected chi connectivity index (χ4v) is 3.32. The van der Waals surface area contributed by atoms with E-state index in [0.717, 1.165) is 0 Å². The number of aliphatic carboxylic acids is 1. The van der Waals surface area contributed by atoms with Crippen molar-refractivity contribution < 1.29 is 14.7 Å². The van der Waals surface area contributed by atoms with Gasteiger partial charge in [0.15, 0.2) is 0 Å². The molecule has 0 bridgehead atoms. The van der Waals surface area contributed by atoms with Crippen LogP contribution in [0, 0.1) is 6.92 Å². The van der Waals surface area contributed by atoms with Gasteiger partial charge < -0.3 is 10.0 Å². The van der Waals surface area contributed by atoms with Gasteiger partial charge in [0.1, 0.15) is 11.7 Å². The molecule has 2 rings (SSSR count). The van der Waals surface area contributed by atoms with Gasteiger partial charge in [0, 0.05) is 11.9 Å². The molecule has 19 heavy (non-hydrogen) atoms. The molecule has 0 aliphatic carbocycles. The van der Waals surface area contributed by atoms with Gasteiger partial charge in [-0.1, -0.05) is 6.92 Å². The van der Waals surface area contributed by atoms with Gasteiger partial charge in [-0.3, -0.25) is 9.78 Å². The lowest BCUT2D eigenvalue weighted by Gasteiger charge is -2.26. The molecule has 1 aliphatic rings. The zero-order chi connectivity index (χ0) is 14.0. The van der Waals surface area contributed by atoms with E-state index >= 15 is 0 Å². The molecule has 1 saturated heterocycles. The molecule has 1 aromatic rings. The van der Waals surface area contributed by atoms with Crippen LogP contribution in [-0.2, 0) is 4.79 Å². The summed E-state index contributed by atoms with van der Waals surface area (Å²) in [6, 6.07) is -0.787. The molecular weight excluding hydrogens is 266 g/mol. The Morgan fingerprint density at radius 2 is 2.21 bits per heavy atom. The average molecular weight is 281 g/mol. The Labute approximate surface area is 115 Å². The molecule has 2 atom stereocenters. The predicted molar refractivity (Wildman–Crippen MR) is 70.9 cm³/mol. The number of amides is 1. The van der Waals surface area contributed by atoms with Crippen molar-refractivity contribution in [3.8, 4) is 0 Å². The number of hydrogen-bond donors (Lipinski definition) is 1. The van der Waals surface area contributed by atoms with E-state index < -0.39 is 12.0 Å². The van der Waals surface area contributed by atoms with Crippen LogP contribution < -0.4 is 0 Å². The van der Waals surface area contributed by atoms with Gasteiger partial charge >= 0.3 is 5.97 Å². The Balaban J connectivity index is 2.28. The molecule has 1 amide bonds. The Hall–Kier alpha value is -1.63. The molecule has 2 unspecified atom stereocenters. The molecule has 1 fully saturated rings. The Morgan fingerprint density at radius 1 is 1.47 bits per heavy atom. The van der Waals surface area contributed by atoms with Crippen LogP contribution in [-0.4, -0.2) is 49.0 Å². The predicted octanol–water partition coefficient (Wildman–Crippen LogP) is 1.16. The second-order valence-electron chi connectivity index (χ2n) is 4.31. The highest BCUT2D eigenvalue weighted by atomic mass is 32.2. The van der Waals surface area contributed by atoms with E-state index in [4.69, 9.17) is 0 Å². The van der Waals surface area contributed by atoms with Crippen LogP contribution in [0.5, 0.6) is 0 Å². The zero-order valence-electron chi connectivity index (χ0n) is 10.7. The summed E-state index contributed by atoms with van der Waals surface area (Å²) in [5.41, 5.74) is 0.909. The molecule has 102 valence electrons. The third-order valence-corrected chi connectivity index (χ3v) is 4.41. The average Bonchev–Trinajstić information content (AvgIpc) is 2.82. The third kappa shape index (κ3) is 2.70. The standard InChI is InChI=1S/C12H15N3O3S/c1-3-10-15(9(6-19-10)12(17)18)11(16)8-5-13-7(2)4-14-8/h4-5,9-10H,3,6H2,1-2H3,(H,17,18). The van der Waals surface area contributed by atoms with E-state index in [1.54, 1.807) is 6.92 Å². The first-order valence-corrected chi connectivity index (χ1v) is 7.05. The first-order chi connectivity index (χ1) is 9.04. The molecule has 6 nitrogen and oxygen atoms in total. The van der Waals surface area contributed by atoms with Gasteiger partial charge in [0.2, 0.25) is 0 Å². The van der Waals surface area contributed by atoms with Crippen molar-refractivity contribution in [3.63, 3.8) is 0 Å². The van der Waals surface area contributed by atoms with Gasteiger partial charge in [-0.2, -0.15) is 0 Å². The lowest BCUT2D eigenvalue weighted by atomic mass is 10.2. The summed E-state index contributed by atoms with van der Waals surface area (Å²) in [7, 11) is 0. The fourth-order valence-electron chi connectivity index (χ4n) is 1.98. The highest BCUT2D eigenvalue weighted by Crippen LogP contribution is 2.32. The number of thioether (sulfide) groups is 1. The highest BCUT2D eigenvalue weighted by Gasteiger charge is 2.41. The van der Waals surface area contributed by atoms with E-state index in [1.165, 1.54) is 29.1 Å². The maximum Gasteiger partial charge on any atom is 0.327 e. The highest BCUT2D eigenvalue weighted by molar-refractivity contribution is 8.00. The minimum atomic E-state index is -0.975. The maximum absolute atomic E-state index is 12.4. The van der Waals surface area contributed by atoms with Crippen molar-refractivity contribution in [3.05, 3.63) is 23.8 Å². The fraction of sp³-hybridized carbons (Fsp3) is 0.500. The first-order valence-electron chi connectivity index (χ1n) is 6.00. The number of nitrogens with zero attached hydrogens (tertiary/aromatic N) is 3. The van der Waals surface area contributed by atoms with E-state index in [9.17, 15) is 14.7 Å². The normalized spacial score (nSPS) is 22.5. The van der Waals surface area contributed by atoms with Gasteiger partial charge in [0.05, 0.1) is 17.3 Å². The molecule has 1 aliphatic heterocycles. The van der Waals surface area contributed by atoms with Crippen molar-refractivity contribution in [2.24, 2.45) is 0 Å². The molecule has 7 heteroatoms. The zero-order valence-corrected chi connectivity index (χ0v) is 11.6. The Bertz CT molecular complexity index is 491. The van der Waals surface area contributed by atoms with Gasteiger partial charge in [-0.25, -0.2) is 9.78 Å². The maximum atomic E-state index is 12.4. The quantitative estimate of drug-likeness (QED) is 0.895. The van der Waals surface area contributed by atoms with Crippen LogP contribution in [0.2, 0.25) is 0 Å². The summed E-state index contributed by atoms with van der Waals surface area (Å²) < 4.78 is 0. The minimum absolute atomic E-state index is 0.114. The second-order valence-corrected chi connectivity index (χ2v) is 5.52. The molecule has 0 spiro atoms. The third-order valence-electron chi connectivity index (χ3n) is 2.96. The number of carboxylic acids is 1. The molecule has 1 aromatic heterocycles. The summed E-state index contributed by atoms with van der Waals surface area (Å²) in [6.07, 6.45) is 3.61. The summed E-state index contributed by atoms with van der Waals surface area (Å²) in [5.74, 6) is -0.924. The number of aromatic nitrogens is 2. The topological polar surface area (TPSA) is 83.4 Å². The van der Waals surface area contributed by atoms with Crippen LogP contribution in [0.15, 0.2) is 12.4 Å². The van der Waals surface area contributed by atoms with Crippen LogP contribution >= 0.6 is 11.8 Å². The molecule has 0 aromatic carbocycles. The van der Waals surface area contributed by atoms with E-state index in [0.29, 0.717) is 17.9 Å². The second kappa shape index (κ2) is 5.56. The summed E-state index contributed by atoms with van der Waals surface area (Å²) in [6.45, 7) is 3.71. The summed E-state index contributed by atoms with van der Waals surface area (Å²) in [4.78, 5) is 33.1. The largest absolute Gasteiger partial charge is 0.480 e. The number of carbonyl (C=O) groups is 2. The van der Waals surface area contributed by atoms with Crippen molar-refractivity contribution in [2.75, 3.05) is 5.75 Å². The lowest BCUT2D eigenvalue weighted by molar-refractivity contribution is -0.141. The van der Waals surface area contributed by atoms with E-state index in [-0.39, 0.29) is 17.0 Å². The molecule has 2 heterocycles. The van der Waals surface area contributed by atoms with Gasteiger partial charge in [-0.15, -0.1) is 11.8 Å². The van der Waals surface area contributed by atoms with E-state index in [1.807, 2.05) is 6.92 Å². The van der Waals surface area contributed by atoms with Crippen molar-refractivity contribution in [1.29, 1.82) is 0 Å². The van der Waals surface area contributed by atoms with Gasteiger partial charge in [-0.05, 0) is 13.3 Å². The smallest absolute Gasteiger partial charge is 0.327 e. The number of hydrogen-bond acceptors (Lipinski definition) is 5. The minimum Gasteiger partial charge on any atom is -0.480 e. The molecule has 0 saturated carbocycles. The van der Waals surface area contributed by atoms with E-state index in [2.05, 4.69) is 9.97 Å². The van der Waals surface area contributed by atoms with Crippen molar-refractivity contribution >= 4 is 23.6 Å². The first kappa shape index (κ1) is 13.8. The molecule has 1 N–H and O–H groups in total.